The number of aliphatic hydroxyl groups is 1. The summed E-state index contributed by atoms with van der Waals surface area (Å²) < 4.78 is 2.00. The first kappa shape index (κ1) is 23.0. The zero-order valence-electron chi connectivity index (χ0n) is 13.3. The van der Waals surface area contributed by atoms with E-state index in [2.05, 4.69) is 56.4 Å². The number of nitrogens with zero attached hydrogens (tertiary/aromatic N) is 2. The SMILES string of the molecule is C[N+](C)(C)C.C[N+](C)(C)C.O=C([O-])CC(O)C(=O)[O-]. The average Bonchev–Trinajstić information content (AvgIpc) is 1.94. The van der Waals surface area contributed by atoms with Crippen molar-refractivity contribution in [1.29, 1.82) is 0 Å². The molecule has 116 valence electrons. The Morgan fingerprint density at radius 3 is 1.16 bits per heavy atom. The topological polar surface area (TPSA) is 100 Å². The van der Waals surface area contributed by atoms with Crippen molar-refractivity contribution >= 4 is 11.9 Å². The van der Waals surface area contributed by atoms with Crippen LogP contribution >= 0.6 is 0 Å². The molecule has 1 N–H and O–H groups in total. The Kier molecular flexibility index (Phi) is 11.7. The first-order valence-electron chi connectivity index (χ1n) is 5.70. The highest BCUT2D eigenvalue weighted by atomic mass is 16.4. The van der Waals surface area contributed by atoms with E-state index in [4.69, 9.17) is 5.11 Å². The van der Waals surface area contributed by atoms with Crippen LogP contribution in [0.1, 0.15) is 6.42 Å². The molecule has 0 aliphatic rings. The largest absolute Gasteiger partial charge is 0.550 e. The number of aliphatic carboxylic acids is 2. The van der Waals surface area contributed by atoms with Crippen molar-refractivity contribution in [2.75, 3.05) is 56.4 Å². The van der Waals surface area contributed by atoms with Gasteiger partial charge in [0.2, 0.25) is 0 Å². The molecule has 0 rings (SSSR count). The first-order chi connectivity index (χ1) is 8.04. The lowest BCUT2D eigenvalue weighted by Crippen LogP contribution is -2.39. The summed E-state index contributed by atoms with van der Waals surface area (Å²) in [6, 6.07) is 0. The number of carbonyl (C=O) groups is 2. The summed E-state index contributed by atoms with van der Waals surface area (Å²) in [7, 11) is 17.0. The molecule has 0 spiro atoms. The Balaban J connectivity index is -0.000000219. The summed E-state index contributed by atoms with van der Waals surface area (Å²) in [5, 5.41) is 27.3. The van der Waals surface area contributed by atoms with E-state index in [0.29, 0.717) is 0 Å². The normalized spacial score (nSPS) is 12.3. The Labute approximate surface area is 115 Å². The van der Waals surface area contributed by atoms with Gasteiger partial charge >= 0.3 is 0 Å². The number of quaternary nitrogens is 2. The number of carboxylic acid groups (broad SMARTS) is 2. The minimum absolute atomic E-state index is 0.928. The van der Waals surface area contributed by atoms with Gasteiger partial charge < -0.3 is 33.9 Å². The van der Waals surface area contributed by atoms with Gasteiger partial charge in [-0.1, -0.05) is 0 Å². The van der Waals surface area contributed by atoms with Gasteiger partial charge in [0.15, 0.2) is 0 Å². The predicted molar refractivity (Wildman–Crippen MR) is 68.6 cm³/mol. The third-order valence-electron chi connectivity index (χ3n) is 0.632. The summed E-state index contributed by atoms with van der Waals surface area (Å²) in [5.41, 5.74) is 0. The van der Waals surface area contributed by atoms with Crippen molar-refractivity contribution < 1.29 is 33.9 Å². The second-order valence-corrected chi connectivity index (χ2v) is 6.78. The monoisotopic (exact) mass is 280 g/mol. The van der Waals surface area contributed by atoms with Gasteiger partial charge in [0.05, 0.1) is 68.5 Å². The summed E-state index contributed by atoms with van der Waals surface area (Å²) in [5.74, 6) is -3.43. The second-order valence-electron chi connectivity index (χ2n) is 6.78. The maximum atomic E-state index is 9.58. The Bertz CT molecular complexity index is 242. The molecule has 1 atom stereocenters. The Hall–Kier alpha value is -1.18. The van der Waals surface area contributed by atoms with Crippen LogP contribution < -0.4 is 10.2 Å². The van der Waals surface area contributed by atoms with E-state index in [1.54, 1.807) is 0 Å². The van der Waals surface area contributed by atoms with E-state index in [-0.39, 0.29) is 0 Å². The van der Waals surface area contributed by atoms with Gasteiger partial charge in [0, 0.05) is 12.4 Å². The predicted octanol–water partition coefficient (Wildman–Crippen LogP) is -3.12. The molecular weight excluding hydrogens is 252 g/mol. The van der Waals surface area contributed by atoms with Gasteiger partial charge in [-0.3, -0.25) is 0 Å². The Morgan fingerprint density at radius 2 is 1.11 bits per heavy atom. The zero-order chi connectivity index (χ0) is 16.4. The molecule has 0 aliphatic heterocycles. The number of hydrogen-bond acceptors (Lipinski definition) is 5. The molecule has 0 saturated carbocycles. The number of aliphatic hydroxyl groups excluding tert-OH is 1. The molecule has 7 heteroatoms. The second kappa shape index (κ2) is 9.71. The van der Waals surface area contributed by atoms with E-state index >= 15 is 0 Å². The van der Waals surface area contributed by atoms with Gasteiger partial charge in [-0.15, -0.1) is 0 Å². The minimum atomic E-state index is -1.96. The summed E-state index contributed by atoms with van der Waals surface area (Å²) in [6.45, 7) is 0. The van der Waals surface area contributed by atoms with E-state index in [9.17, 15) is 19.8 Å². The fraction of sp³-hybridized carbons (Fsp3) is 0.833. The van der Waals surface area contributed by atoms with Crippen LogP contribution in [0, 0.1) is 0 Å². The summed E-state index contributed by atoms with van der Waals surface area (Å²) in [4.78, 5) is 19.1. The van der Waals surface area contributed by atoms with Crippen molar-refractivity contribution in [3.05, 3.63) is 0 Å². The highest BCUT2D eigenvalue weighted by Crippen LogP contribution is 1.85. The van der Waals surface area contributed by atoms with Gasteiger partial charge in [0.25, 0.3) is 0 Å². The van der Waals surface area contributed by atoms with Crippen molar-refractivity contribution in [3.8, 4) is 0 Å². The standard InChI is InChI=1S/2C4H12N.C4H6O5/c2*1-5(2,3)4;5-2(4(8)9)1-3(6)7/h2*1-4H3;2,5H,1H2,(H,6,7)(H,8,9)/q2*+1;/p-2. The number of carbonyl (C=O) groups excluding carboxylic acids is 2. The van der Waals surface area contributed by atoms with Crippen LogP contribution in [0.3, 0.4) is 0 Å². The summed E-state index contributed by atoms with van der Waals surface area (Å²) >= 11 is 0. The lowest BCUT2D eigenvalue weighted by molar-refractivity contribution is -0.849. The lowest BCUT2D eigenvalue weighted by Gasteiger charge is -2.14. The van der Waals surface area contributed by atoms with Crippen LogP contribution in [0.5, 0.6) is 0 Å². The molecule has 0 saturated heterocycles. The third kappa shape index (κ3) is 79.4. The van der Waals surface area contributed by atoms with Crippen LogP contribution in [-0.4, -0.2) is 88.5 Å². The van der Waals surface area contributed by atoms with Crippen LogP contribution in [0.2, 0.25) is 0 Å². The molecule has 0 heterocycles. The molecule has 0 amide bonds. The summed E-state index contributed by atoms with van der Waals surface area (Å²) in [6.07, 6.45) is -2.89. The average molecular weight is 280 g/mol. The molecule has 0 aliphatic carbocycles. The molecule has 1 unspecified atom stereocenters. The van der Waals surface area contributed by atoms with E-state index in [1.165, 1.54) is 0 Å². The lowest BCUT2D eigenvalue weighted by atomic mass is 10.3. The highest BCUT2D eigenvalue weighted by molar-refractivity contribution is 5.76. The first-order valence-corrected chi connectivity index (χ1v) is 5.70. The van der Waals surface area contributed by atoms with Gasteiger partial charge in [-0.2, -0.15) is 0 Å². The van der Waals surface area contributed by atoms with E-state index in [1.807, 2.05) is 0 Å². The molecule has 0 aromatic carbocycles. The third-order valence-corrected chi connectivity index (χ3v) is 0.632. The molecule has 0 aromatic heterocycles. The molecular formula is C12H28N2O5. The molecule has 0 aromatic rings. The smallest absolute Gasteiger partial charge is 0.0985 e. The number of hydrogen-bond donors (Lipinski definition) is 1. The fourth-order valence-electron chi connectivity index (χ4n) is 0.241. The van der Waals surface area contributed by atoms with Gasteiger partial charge in [-0.25, -0.2) is 0 Å². The van der Waals surface area contributed by atoms with Gasteiger partial charge in [-0.05, 0) is 0 Å². The van der Waals surface area contributed by atoms with Gasteiger partial charge in [0.1, 0.15) is 0 Å². The zero-order valence-corrected chi connectivity index (χ0v) is 13.3. The Morgan fingerprint density at radius 1 is 0.895 bits per heavy atom. The quantitative estimate of drug-likeness (QED) is 0.551. The molecule has 0 fully saturated rings. The van der Waals surface area contributed by atoms with E-state index in [0.717, 1.165) is 8.97 Å². The van der Waals surface area contributed by atoms with E-state index < -0.39 is 24.5 Å². The number of rotatable bonds is 3. The van der Waals surface area contributed by atoms with Crippen molar-refractivity contribution in [2.45, 2.75) is 12.5 Å². The fourth-order valence-corrected chi connectivity index (χ4v) is 0.241. The van der Waals surface area contributed by atoms with Crippen LogP contribution in [0.4, 0.5) is 0 Å². The minimum Gasteiger partial charge on any atom is -0.550 e. The van der Waals surface area contributed by atoms with Crippen LogP contribution in [0.15, 0.2) is 0 Å². The van der Waals surface area contributed by atoms with Crippen LogP contribution in [0.25, 0.3) is 0 Å². The molecule has 0 radical (unpaired) electrons. The number of carboxylic acids is 2. The highest BCUT2D eigenvalue weighted by Gasteiger charge is 2.03. The maximum absolute atomic E-state index is 9.58. The van der Waals surface area contributed by atoms with Crippen molar-refractivity contribution in [3.63, 3.8) is 0 Å². The maximum Gasteiger partial charge on any atom is 0.0985 e. The van der Waals surface area contributed by atoms with Crippen molar-refractivity contribution in [1.82, 2.24) is 0 Å². The molecule has 0 bridgehead atoms. The molecule has 7 nitrogen and oxygen atoms in total. The van der Waals surface area contributed by atoms with Crippen LogP contribution in [-0.2, 0) is 9.59 Å². The molecule has 19 heavy (non-hydrogen) atoms. The van der Waals surface area contributed by atoms with Crippen molar-refractivity contribution in [2.24, 2.45) is 0 Å².